The molecule has 7 atom stereocenters. The lowest BCUT2D eigenvalue weighted by molar-refractivity contribution is -0.188. The molecule has 0 aliphatic carbocycles. The largest absolute Gasteiger partial charge is 0.465 e. The molecule has 87 heavy (non-hydrogen) atoms. The molecule has 5 saturated heterocycles. The topological polar surface area (TPSA) is 316 Å². The van der Waals surface area contributed by atoms with Crippen LogP contribution in [0.15, 0.2) is 0 Å². The van der Waals surface area contributed by atoms with Crippen molar-refractivity contribution in [2.45, 2.75) is 257 Å². The van der Waals surface area contributed by atoms with Crippen LogP contribution in [-0.2, 0) is 114 Å². The van der Waals surface area contributed by atoms with Gasteiger partial charge in [0.25, 0.3) is 0 Å². The average Bonchev–Trinajstić information content (AvgIpc) is 3.34. The third-order valence-corrected chi connectivity index (χ3v) is 16.1. The summed E-state index contributed by atoms with van der Waals surface area (Å²) in [5.41, 5.74) is -6.59. The van der Waals surface area contributed by atoms with Crippen molar-refractivity contribution in [3.05, 3.63) is 0 Å². The quantitative estimate of drug-likeness (QED) is 0.0765. The molecular formula is C63H102O24. The monoisotopic (exact) mass is 1240 g/mol. The highest BCUT2D eigenvalue weighted by Crippen LogP contribution is 2.35. The summed E-state index contributed by atoms with van der Waals surface area (Å²) in [6, 6.07) is 0. The van der Waals surface area contributed by atoms with Crippen molar-refractivity contribution >= 4 is 71.6 Å². The molecule has 0 radical (unpaired) electrons. The van der Waals surface area contributed by atoms with E-state index >= 15 is 0 Å². The molecular weight excluding hydrogens is 1140 g/mol. The Labute approximate surface area is 514 Å². The number of cyclic esters (lactones) is 5. The predicted molar refractivity (Wildman–Crippen MR) is 311 cm³/mol. The zero-order chi connectivity index (χ0) is 67.5. The highest BCUT2D eigenvalue weighted by molar-refractivity contribution is 5.88. The molecule has 0 spiro atoms. The first-order chi connectivity index (χ1) is 39.7. The lowest BCUT2D eigenvalue weighted by atomic mass is 9.87. The van der Waals surface area contributed by atoms with Gasteiger partial charge >= 0.3 is 71.6 Å². The maximum absolute atomic E-state index is 12.0. The zero-order valence-corrected chi connectivity index (χ0v) is 55.9. The lowest BCUT2D eigenvalue weighted by Crippen LogP contribution is -2.44. The zero-order valence-electron chi connectivity index (χ0n) is 55.9. The molecule has 0 aromatic heterocycles. The molecule has 5 aliphatic rings. The minimum atomic E-state index is -1.44. The van der Waals surface area contributed by atoms with Gasteiger partial charge < -0.3 is 56.8 Å². The third kappa shape index (κ3) is 25.0. The SMILES string of the molecule is CCC(C)(C)C(=O)OC(C)(C)C(=O)OC1CCOC1=O.CCC(C)(C)C(=O)OC(C)(C)C1COC(=O)C1.CCC(C)(C)C(=O)OC1(C)COC(=O)C1.CCC(C)C(=O)OC(C)(C)C(=O)OC1CCOC1=O.CCC(C)C(=O)OC(C)(C)C1COC(=O)C1. The second kappa shape index (κ2) is 32.7. The highest BCUT2D eigenvalue weighted by Gasteiger charge is 2.46. The van der Waals surface area contributed by atoms with Crippen LogP contribution in [0.3, 0.4) is 0 Å². The van der Waals surface area contributed by atoms with Crippen molar-refractivity contribution in [3.63, 3.8) is 0 Å². The Morgan fingerprint density at radius 1 is 0.471 bits per heavy atom. The van der Waals surface area contributed by atoms with E-state index < -0.39 is 92.3 Å². The molecule has 0 saturated carbocycles. The van der Waals surface area contributed by atoms with E-state index in [0.717, 1.165) is 12.8 Å². The summed E-state index contributed by atoms with van der Waals surface area (Å²) in [6.07, 6.45) is 3.08. The van der Waals surface area contributed by atoms with Crippen LogP contribution in [0, 0.1) is 39.9 Å². The van der Waals surface area contributed by atoms with Crippen molar-refractivity contribution in [3.8, 4) is 0 Å². The molecule has 0 aromatic rings. The Kier molecular flexibility index (Phi) is 29.6. The van der Waals surface area contributed by atoms with Crippen molar-refractivity contribution in [2.75, 3.05) is 33.0 Å². The van der Waals surface area contributed by atoms with Crippen molar-refractivity contribution in [2.24, 2.45) is 39.9 Å². The molecule has 5 heterocycles. The fourth-order valence-corrected chi connectivity index (χ4v) is 7.17. The van der Waals surface area contributed by atoms with Gasteiger partial charge in [0.05, 0.1) is 73.8 Å². The molecule has 24 nitrogen and oxygen atoms in total. The van der Waals surface area contributed by atoms with Crippen molar-refractivity contribution in [1.29, 1.82) is 0 Å². The Hall–Kier alpha value is -6.36. The molecule has 0 N–H and O–H groups in total. The van der Waals surface area contributed by atoms with Crippen molar-refractivity contribution in [1.82, 2.24) is 0 Å². The van der Waals surface area contributed by atoms with Crippen LogP contribution in [0.4, 0.5) is 0 Å². The summed E-state index contributed by atoms with van der Waals surface area (Å²) in [5, 5.41) is 0. The second-order valence-corrected chi connectivity index (χ2v) is 26.7. The normalized spacial score (nSPS) is 21.8. The maximum Gasteiger partial charge on any atom is 0.350 e. The first-order valence-corrected chi connectivity index (χ1v) is 30.1. The Morgan fingerprint density at radius 2 is 0.828 bits per heavy atom. The molecule has 498 valence electrons. The predicted octanol–water partition coefficient (Wildman–Crippen LogP) is 8.71. The van der Waals surface area contributed by atoms with E-state index in [-0.39, 0.29) is 85.7 Å². The minimum absolute atomic E-state index is 0.0343. The summed E-state index contributed by atoms with van der Waals surface area (Å²) in [6.45, 7) is 40.1. The summed E-state index contributed by atoms with van der Waals surface area (Å²) in [5.74, 6) is -5.44. The van der Waals surface area contributed by atoms with Gasteiger partial charge in [-0.1, -0.05) is 48.5 Å². The van der Waals surface area contributed by atoms with E-state index in [9.17, 15) is 57.5 Å². The van der Waals surface area contributed by atoms with Gasteiger partial charge in [0, 0.05) is 24.7 Å². The number of carbonyl (C=O) groups excluding carboxylic acids is 12. The van der Waals surface area contributed by atoms with Crippen LogP contribution in [0.25, 0.3) is 0 Å². The van der Waals surface area contributed by atoms with Gasteiger partial charge in [-0.15, -0.1) is 0 Å². The third-order valence-electron chi connectivity index (χ3n) is 16.1. The smallest absolute Gasteiger partial charge is 0.350 e. The van der Waals surface area contributed by atoms with Crippen LogP contribution in [0.1, 0.15) is 217 Å². The molecule has 0 aromatic carbocycles. The van der Waals surface area contributed by atoms with E-state index in [1.54, 1.807) is 27.7 Å². The molecule has 0 bridgehead atoms. The Balaban J connectivity index is 0.000000546. The van der Waals surface area contributed by atoms with Gasteiger partial charge in [-0.2, -0.15) is 0 Å². The number of ether oxygens (including phenoxy) is 12. The summed E-state index contributed by atoms with van der Waals surface area (Å²) in [4.78, 5) is 139. The number of esters is 12. The summed E-state index contributed by atoms with van der Waals surface area (Å²) in [7, 11) is 0. The van der Waals surface area contributed by atoms with Crippen LogP contribution in [0.5, 0.6) is 0 Å². The van der Waals surface area contributed by atoms with E-state index in [1.807, 2.05) is 96.9 Å². The number of rotatable bonds is 21. The highest BCUT2D eigenvalue weighted by atomic mass is 16.6. The van der Waals surface area contributed by atoms with Gasteiger partial charge in [0.1, 0.15) is 17.8 Å². The van der Waals surface area contributed by atoms with Crippen LogP contribution < -0.4 is 0 Å². The summed E-state index contributed by atoms with van der Waals surface area (Å²) < 4.78 is 60.8. The maximum atomic E-state index is 12.0. The Bertz CT molecular complexity index is 2430. The van der Waals surface area contributed by atoms with E-state index in [0.29, 0.717) is 58.2 Å². The van der Waals surface area contributed by atoms with Gasteiger partial charge in [-0.3, -0.25) is 38.4 Å². The van der Waals surface area contributed by atoms with Crippen molar-refractivity contribution < 1.29 is 114 Å². The van der Waals surface area contributed by atoms with E-state index in [4.69, 9.17) is 56.8 Å². The molecule has 7 unspecified atom stereocenters. The molecule has 0 amide bonds. The fraction of sp³-hybridized carbons (Fsp3) is 0.810. The average molecular weight is 1240 g/mol. The van der Waals surface area contributed by atoms with Gasteiger partial charge in [0.15, 0.2) is 5.60 Å². The first kappa shape index (κ1) is 78.7. The van der Waals surface area contributed by atoms with Gasteiger partial charge in [-0.05, 0) is 136 Å². The lowest BCUT2D eigenvalue weighted by Gasteiger charge is -2.33. The summed E-state index contributed by atoms with van der Waals surface area (Å²) >= 11 is 0. The molecule has 24 heteroatoms. The number of hydrogen-bond donors (Lipinski definition) is 0. The van der Waals surface area contributed by atoms with Crippen LogP contribution in [0.2, 0.25) is 0 Å². The van der Waals surface area contributed by atoms with Crippen LogP contribution >= 0.6 is 0 Å². The van der Waals surface area contributed by atoms with E-state index in [2.05, 4.69) is 0 Å². The second-order valence-electron chi connectivity index (χ2n) is 26.7. The standard InChI is InChI=1S/C14H22O6.C13H20O6.C13H22O4.C12H20O4.C11H18O4/c1-6-13(2,3)11(16)20-14(4,5)12(17)19-9-7-8-18-10(9)15;1-5-8(2)10(14)19-13(3,4)12(16)18-9-6-7-17-11(9)15;1-6-12(2,3)11(15)17-13(4,5)9-7-10(14)16-8-9;1-5-8(2)11(14)16-12(3,4)9-6-10(13)15-7-9;1-5-10(2,3)9(13)15-11(4)6-8(12)14-7-11/h9H,6-8H2,1-5H3;8-9H,5-7H2,1-4H3;9H,6-8H2,1-5H3;8-9H,5-7H2,1-4H3;5-7H2,1-4H3. The fourth-order valence-electron chi connectivity index (χ4n) is 7.17. The molecule has 5 fully saturated rings. The Morgan fingerprint density at radius 3 is 1.15 bits per heavy atom. The van der Waals surface area contributed by atoms with E-state index in [1.165, 1.54) is 27.7 Å². The van der Waals surface area contributed by atoms with Crippen LogP contribution in [-0.4, -0.2) is 145 Å². The number of hydrogen-bond acceptors (Lipinski definition) is 24. The van der Waals surface area contributed by atoms with Gasteiger partial charge in [0.2, 0.25) is 23.4 Å². The minimum Gasteiger partial charge on any atom is -0.465 e. The first-order valence-electron chi connectivity index (χ1n) is 30.1. The molecule has 5 rings (SSSR count). The number of carbonyl (C=O) groups is 12. The van der Waals surface area contributed by atoms with Gasteiger partial charge in [-0.25, -0.2) is 19.2 Å². The molecule has 5 aliphatic heterocycles.